The van der Waals surface area contributed by atoms with Crippen LogP contribution in [-0.2, 0) is 4.74 Å². The van der Waals surface area contributed by atoms with Gasteiger partial charge >= 0.3 is 12.4 Å². The van der Waals surface area contributed by atoms with Crippen molar-refractivity contribution < 1.29 is 36.2 Å². The molecule has 0 aromatic heterocycles. The van der Waals surface area contributed by atoms with Crippen molar-refractivity contribution in [3.05, 3.63) is 95.6 Å². The highest BCUT2D eigenvalue weighted by Crippen LogP contribution is 2.32. The van der Waals surface area contributed by atoms with Gasteiger partial charge < -0.3 is 19.7 Å². The van der Waals surface area contributed by atoms with Crippen molar-refractivity contribution in [1.29, 1.82) is 0 Å². The summed E-state index contributed by atoms with van der Waals surface area (Å²) in [6.07, 6.45) is -5.31. The normalized spacial score (nSPS) is 16.3. The molecule has 184 valence electrons. The molecule has 1 unspecified atom stereocenters. The second kappa shape index (κ2) is 10.3. The third-order valence-corrected chi connectivity index (χ3v) is 5.55. The highest BCUT2D eigenvalue weighted by molar-refractivity contribution is 5.89. The number of anilines is 1. The first-order valence-corrected chi connectivity index (χ1v) is 10.7. The summed E-state index contributed by atoms with van der Waals surface area (Å²) < 4.78 is 73.8. The van der Waals surface area contributed by atoms with Crippen molar-refractivity contribution in [2.75, 3.05) is 25.0 Å². The van der Waals surface area contributed by atoms with Gasteiger partial charge in [-0.25, -0.2) is 13.6 Å². The molecule has 3 aromatic carbocycles. The number of urea groups is 1. The number of rotatable bonds is 5. The zero-order valence-electron chi connectivity index (χ0n) is 18.3. The molecule has 1 aliphatic heterocycles. The average molecular weight is 492 g/mol. The monoisotopic (exact) mass is 492 g/mol. The van der Waals surface area contributed by atoms with Gasteiger partial charge in [-0.2, -0.15) is 0 Å². The standard InChI is InChI=1S/C25H21F5N2O3/c26-18-5-1-16(2-6-18)23(17-3-7-19(27)8-4-17)22-15-32(13-14-34-22)24(33)31-20-9-11-21(12-10-20)35-25(28,29)30/h1-12,22-23H,13-15H2,(H,31,33). The molecule has 0 bridgehead atoms. The highest BCUT2D eigenvalue weighted by Gasteiger charge is 2.33. The average Bonchev–Trinajstić information content (AvgIpc) is 2.82. The van der Waals surface area contributed by atoms with Gasteiger partial charge in [-0.15, -0.1) is 13.2 Å². The van der Waals surface area contributed by atoms with Crippen LogP contribution in [0.25, 0.3) is 0 Å². The lowest BCUT2D eigenvalue weighted by atomic mass is 9.85. The zero-order valence-corrected chi connectivity index (χ0v) is 18.3. The summed E-state index contributed by atoms with van der Waals surface area (Å²) in [4.78, 5) is 14.4. The van der Waals surface area contributed by atoms with Crippen molar-refractivity contribution in [3.8, 4) is 5.75 Å². The van der Waals surface area contributed by atoms with Crippen molar-refractivity contribution >= 4 is 11.7 Å². The maximum Gasteiger partial charge on any atom is 0.573 e. The molecule has 1 heterocycles. The fraction of sp³-hybridized carbons (Fsp3) is 0.240. The number of benzene rings is 3. The number of amides is 2. The molecule has 2 amide bonds. The molecule has 4 rings (SSSR count). The maximum absolute atomic E-state index is 13.5. The van der Waals surface area contributed by atoms with Crippen LogP contribution in [0.2, 0.25) is 0 Å². The van der Waals surface area contributed by atoms with Crippen molar-refractivity contribution in [1.82, 2.24) is 4.90 Å². The Morgan fingerprint density at radius 3 is 1.97 bits per heavy atom. The van der Waals surface area contributed by atoms with E-state index in [1.54, 1.807) is 24.3 Å². The van der Waals surface area contributed by atoms with E-state index in [1.807, 2.05) is 0 Å². The fourth-order valence-electron chi connectivity index (χ4n) is 3.97. The third kappa shape index (κ3) is 6.48. The van der Waals surface area contributed by atoms with Gasteiger partial charge in [-0.05, 0) is 59.7 Å². The van der Waals surface area contributed by atoms with E-state index in [-0.39, 0.29) is 19.7 Å². The summed E-state index contributed by atoms with van der Waals surface area (Å²) in [5.74, 6) is -1.60. The van der Waals surface area contributed by atoms with E-state index in [0.717, 1.165) is 23.3 Å². The summed E-state index contributed by atoms with van der Waals surface area (Å²) in [5, 5.41) is 2.65. The predicted octanol–water partition coefficient (Wildman–Crippen LogP) is 5.93. The Morgan fingerprint density at radius 1 is 0.914 bits per heavy atom. The first kappa shape index (κ1) is 24.5. The largest absolute Gasteiger partial charge is 0.573 e. The van der Waals surface area contributed by atoms with Gasteiger partial charge in [0.1, 0.15) is 17.4 Å². The minimum atomic E-state index is -4.81. The Kier molecular flexibility index (Phi) is 7.20. The van der Waals surface area contributed by atoms with E-state index < -0.39 is 41.8 Å². The summed E-state index contributed by atoms with van der Waals surface area (Å²) in [7, 11) is 0. The van der Waals surface area contributed by atoms with E-state index in [2.05, 4.69) is 10.1 Å². The van der Waals surface area contributed by atoms with Crippen LogP contribution in [0.4, 0.5) is 32.4 Å². The molecular formula is C25H21F5N2O3. The number of carbonyl (C=O) groups excluding carboxylic acids is 1. The second-order valence-electron chi connectivity index (χ2n) is 7.94. The molecular weight excluding hydrogens is 471 g/mol. The predicted molar refractivity (Wildman–Crippen MR) is 118 cm³/mol. The van der Waals surface area contributed by atoms with Gasteiger partial charge in [0, 0.05) is 24.7 Å². The van der Waals surface area contributed by atoms with E-state index in [4.69, 9.17) is 4.74 Å². The lowest BCUT2D eigenvalue weighted by Gasteiger charge is -2.37. The molecule has 0 saturated carbocycles. The van der Waals surface area contributed by atoms with E-state index in [1.165, 1.54) is 41.3 Å². The van der Waals surface area contributed by atoms with Crippen LogP contribution in [0, 0.1) is 11.6 Å². The van der Waals surface area contributed by atoms with Gasteiger partial charge in [0.15, 0.2) is 0 Å². The molecule has 5 nitrogen and oxygen atoms in total. The van der Waals surface area contributed by atoms with Gasteiger partial charge in [0.05, 0.1) is 12.7 Å². The van der Waals surface area contributed by atoms with Crippen LogP contribution in [-0.4, -0.2) is 43.1 Å². The zero-order chi connectivity index (χ0) is 25.0. The van der Waals surface area contributed by atoms with Crippen LogP contribution in [0.3, 0.4) is 0 Å². The molecule has 0 aliphatic carbocycles. The van der Waals surface area contributed by atoms with Gasteiger partial charge in [-0.1, -0.05) is 24.3 Å². The molecule has 3 aromatic rings. The van der Waals surface area contributed by atoms with Crippen LogP contribution >= 0.6 is 0 Å². The molecule has 1 fully saturated rings. The Morgan fingerprint density at radius 2 is 1.46 bits per heavy atom. The minimum absolute atomic E-state index is 0.181. The molecule has 10 heteroatoms. The Bertz CT molecular complexity index is 1090. The molecule has 0 spiro atoms. The number of nitrogens with one attached hydrogen (secondary N) is 1. The third-order valence-electron chi connectivity index (χ3n) is 5.55. The fourth-order valence-corrected chi connectivity index (χ4v) is 3.97. The molecule has 1 aliphatic rings. The van der Waals surface area contributed by atoms with Crippen LogP contribution in [0.1, 0.15) is 17.0 Å². The quantitative estimate of drug-likeness (QED) is 0.450. The van der Waals surface area contributed by atoms with Gasteiger partial charge in [0.2, 0.25) is 0 Å². The van der Waals surface area contributed by atoms with Crippen molar-refractivity contribution in [2.24, 2.45) is 0 Å². The number of carbonyl (C=O) groups is 1. The van der Waals surface area contributed by atoms with E-state index >= 15 is 0 Å². The first-order chi connectivity index (χ1) is 16.7. The lowest BCUT2D eigenvalue weighted by Crippen LogP contribution is -2.49. The molecule has 1 N–H and O–H groups in total. The number of halogens is 5. The number of morpholine rings is 1. The Balaban J connectivity index is 1.49. The summed E-state index contributed by atoms with van der Waals surface area (Å²) >= 11 is 0. The van der Waals surface area contributed by atoms with Crippen LogP contribution < -0.4 is 10.1 Å². The van der Waals surface area contributed by atoms with Crippen LogP contribution in [0.15, 0.2) is 72.8 Å². The van der Waals surface area contributed by atoms with Gasteiger partial charge in [0.25, 0.3) is 0 Å². The second-order valence-corrected chi connectivity index (χ2v) is 7.94. The number of alkyl halides is 3. The number of ether oxygens (including phenoxy) is 2. The SMILES string of the molecule is O=C(Nc1ccc(OC(F)(F)F)cc1)N1CCOC(C(c2ccc(F)cc2)c2ccc(F)cc2)C1. The summed E-state index contributed by atoms with van der Waals surface area (Å²) in [6.45, 7) is 0.701. The maximum atomic E-state index is 13.5. The topological polar surface area (TPSA) is 50.8 Å². The first-order valence-electron chi connectivity index (χ1n) is 10.7. The minimum Gasteiger partial charge on any atom is -0.406 e. The van der Waals surface area contributed by atoms with Crippen molar-refractivity contribution in [3.63, 3.8) is 0 Å². The van der Waals surface area contributed by atoms with Gasteiger partial charge in [-0.3, -0.25) is 0 Å². The van der Waals surface area contributed by atoms with Crippen LogP contribution in [0.5, 0.6) is 5.75 Å². The summed E-state index contributed by atoms with van der Waals surface area (Å²) in [6, 6.07) is 16.1. The summed E-state index contributed by atoms with van der Waals surface area (Å²) in [5.41, 5.74) is 1.78. The van der Waals surface area contributed by atoms with E-state index in [0.29, 0.717) is 5.69 Å². The molecule has 0 radical (unpaired) electrons. The number of nitrogens with zero attached hydrogens (tertiary/aromatic N) is 1. The van der Waals surface area contributed by atoms with Crippen molar-refractivity contribution in [2.45, 2.75) is 18.4 Å². The van der Waals surface area contributed by atoms with E-state index in [9.17, 15) is 26.7 Å². The number of hydrogen-bond donors (Lipinski definition) is 1. The molecule has 35 heavy (non-hydrogen) atoms. The Labute approximate surface area is 198 Å². The Hall–Kier alpha value is -3.66. The smallest absolute Gasteiger partial charge is 0.406 e. The number of hydrogen-bond acceptors (Lipinski definition) is 3. The molecule has 1 atom stereocenters. The lowest BCUT2D eigenvalue weighted by molar-refractivity contribution is -0.274. The highest BCUT2D eigenvalue weighted by atomic mass is 19.4. The molecule has 1 saturated heterocycles.